The highest BCUT2D eigenvalue weighted by atomic mass is 19.1. The van der Waals surface area contributed by atoms with Crippen molar-refractivity contribution in [1.82, 2.24) is 19.5 Å². The highest BCUT2D eigenvalue weighted by Crippen LogP contribution is 2.22. The number of likely N-dealkylation sites (tertiary alicyclic amines) is 1. The van der Waals surface area contributed by atoms with Gasteiger partial charge in [-0.3, -0.25) is 4.79 Å². The van der Waals surface area contributed by atoms with Gasteiger partial charge >= 0.3 is 0 Å². The standard InChI is InChI=1S/C19H19FN4O2/c20-14-5-3-13(4-6-14)17-7-9-21-18-16(12-22-24(17)18)19(26)23-10-1-2-15(25)8-11-23/h3-7,9,12,15,25H,1-2,8,10-11H2/t15-/m0/s1. The van der Waals surface area contributed by atoms with Crippen LogP contribution in [0.2, 0.25) is 0 Å². The molecule has 4 rings (SSSR count). The van der Waals surface area contributed by atoms with Gasteiger partial charge in [0.15, 0.2) is 5.65 Å². The summed E-state index contributed by atoms with van der Waals surface area (Å²) in [7, 11) is 0. The summed E-state index contributed by atoms with van der Waals surface area (Å²) in [5.41, 5.74) is 2.44. The molecule has 0 spiro atoms. The van der Waals surface area contributed by atoms with Gasteiger partial charge in [0.05, 0.1) is 18.0 Å². The minimum Gasteiger partial charge on any atom is -0.393 e. The van der Waals surface area contributed by atoms with E-state index in [1.165, 1.54) is 18.3 Å². The fourth-order valence-electron chi connectivity index (χ4n) is 3.33. The van der Waals surface area contributed by atoms with E-state index in [0.29, 0.717) is 37.1 Å². The molecule has 0 saturated carbocycles. The van der Waals surface area contributed by atoms with Crippen LogP contribution in [-0.4, -0.2) is 49.7 Å². The number of benzene rings is 1. The first-order valence-electron chi connectivity index (χ1n) is 8.69. The normalized spacial score (nSPS) is 18.1. The molecule has 1 N–H and O–H groups in total. The Labute approximate surface area is 149 Å². The summed E-state index contributed by atoms with van der Waals surface area (Å²) in [4.78, 5) is 19.0. The first kappa shape index (κ1) is 16.7. The van der Waals surface area contributed by atoms with Gasteiger partial charge in [-0.15, -0.1) is 0 Å². The SMILES string of the molecule is O=C(c1cnn2c(-c3ccc(F)cc3)ccnc12)N1CCC[C@H](O)CC1. The monoisotopic (exact) mass is 354 g/mol. The van der Waals surface area contributed by atoms with Crippen molar-refractivity contribution >= 4 is 11.6 Å². The largest absolute Gasteiger partial charge is 0.393 e. The van der Waals surface area contributed by atoms with Gasteiger partial charge in [0.1, 0.15) is 11.4 Å². The van der Waals surface area contributed by atoms with E-state index < -0.39 is 0 Å². The minimum absolute atomic E-state index is 0.127. The lowest BCUT2D eigenvalue weighted by Crippen LogP contribution is -2.32. The zero-order chi connectivity index (χ0) is 18.1. The lowest BCUT2D eigenvalue weighted by Gasteiger charge is -2.19. The minimum atomic E-state index is -0.347. The Morgan fingerprint density at radius 1 is 1.15 bits per heavy atom. The van der Waals surface area contributed by atoms with Crippen LogP contribution in [0.5, 0.6) is 0 Å². The van der Waals surface area contributed by atoms with Crippen LogP contribution in [0, 0.1) is 5.82 Å². The molecule has 0 aliphatic carbocycles. The molecule has 1 aliphatic heterocycles. The van der Waals surface area contributed by atoms with Crippen molar-refractivity contribution in [2.75, 3.05) is 13.1 Å². The Bertz CT molecular complexity index is 938. The predicted octanol–water partition coefficient (Wildman–Crippen LogP) is 2.52. The van der Waals surface area contributed by atoms with Crippen LogP contribution in [0.25, 0.3) is 16.9 Å². The van der Waals surface area contributed by atoms with Crippen LogP contribution < -0.4 is 0 Å². The summed E-state index contributed by atoms with van der Waals surface area (Å²) < 4.78 is 14.8. The molecular weight excluding hydrogens is 335 g/mol. The van der Waals surface area contributed by atoms with Crippen molar-refractivity contribution in [3.8, 4) is 11.3 Å². The number of hydrogen-bond acceptors (Lipinski definition) is 4. The van der Waals surface area contributed by atoms with Crippen molar-refractivity contribution in [1.29, 1.82) is 0 Å². The Hall–Kier alpha value is -2.80. The summed E-state index contributed by atoms with van der Waals surface area (Å²) in [6.45, 7) is 1.14. The van der Waals surface area contributed by atoms with E-state index in [9.17, 15) is 14.3 Å². The molecule has 0 unspecified atom stereocenters. The van der Waals surface area contributed by atoms with Gasteiger partial charge < -0.3 is 10.0 Å². The van der Waals surface area contributed by atoms with E-state index >= 15 is 0 Å². The van der Waals surface area contributed by atoms with Crippen LogP contribution >= 0.6 is 0 Å². The number of aliphatic hydroxyl groups is 1. The second kappa shape index (κ2) is 6.84. The zero-order valence-corrected chi connectivity index (χ0v) is 14.2. The number of hydrogen-bond donors (Lipinski definition) is 1. The van der Waals surface area contributed by atoms with Gasteiger partial charge in [-0.05, 0) is 49.6 Å². The number of aliphatic hydroxyl groups excluding tert-OH is 1. The first-order chi connectivity index (χ1) is 12.6. The average Bonchev–Trinajstić information content (AvgIpc) is 2.97. The van der Waals surface area contributed by atoms with Crippen molar-refractivity contribution in [2.24, 2.45) is 0 Å². The molecule has 134 valence electrons. The second-order valence-corrected chi connectivity index (χ2v) is 6.51. The molecule has 0 radical (unpaired) electrons. The van der Waals surface area contributed by atoms with Crippen LogP contribution in [0.1, 0.15) is 29.6 Å². The maximum Gasteiger partial charge on any atom is 0.259 e. The Morgan fingerprint density at radius 2 is 1.96 bits per heavy atom. The summed E-state index contributed by atoms with van der Waals surface area (Å²) >= 11 is 0. The topological polar surface area (TPSA) is 70.7 Å². The van der Waals surface area contributed by atoms with Crippen molar-refractivity contribution in [2.45, 2.75) is 25.4 Å². The van der Waals surface area contributed by atoms with Crippen molar-refractivity contribution in [3.63, 3.8) is 0 Å². The third-order valence-electron chi connectivity index (χ3n) is 4.76. The van der Waals surface area contributed by atoms with Gasteiger partial charge in [0.2, 0.25) is 0 Å². The number of amides is 1. The number of aromatic nitrogens is 3. The quantitative estimate of drug-likeness (QED) is 0.768. The van der Waals surface area contributed by atoms with Crippen molar-refractivity contribution in [3.05, 3.63) is 54.1 Å². The molecule has 1 saturated heterocycles. The summed E-state index contributed by atoms with van der Waals surface area (Å²) in [5.74, 6) is -0.434. The van der Waals surface area contributed by atoms with E-state index in [4.69, 9.17) is 0 Å². The van der Waals surface area contributed by atoms with Gasteiger partial charge in [0.25, 0.3) is 5.91 Å². The predicted molar refractivity (Wildman–Crippen MR) is 94.1 cm³/mol. The number of nitrogens with zero attached hydrogens (tertiary/aromatic N) is 4. The molecule has 7 heteroatoms. The molecule has 6 nitrogen and oxygen atoms in total. The molecule has 2 aromatic heterocycles. The lowest BCUT2D eigenvalue weighted by molar-refractivity contribution is 0.0755. The average molecular weight is 354 g/mol. The highest BCUT2D eigenvalue weighted by molar-refractivity contribution is 6.00. The van der Waals surface area contributed by atoms with Gasteiger partial charge in [-0.1, -0.05) is 0 Å². The maximum atomic E-state index is 13.2. The van der Waals surface area contributed by atoms with Crippen LogP contribution in [0.15, 0.2) is 42.7 Å². The van der Waals surface area contributed by atoms with Crippen LogP contribution in [0.4, 0.5) is 4.39 Å². The number of carbonyl (C=O) groups excluding carboxylic acids is 1. The molecule has 0 bridgehead atoms. The molecule has 1 fully saturated rings. The van der Waals surface area contributed by atoms with Gasteiger partial charge in [-0.2, -0.15) is 5.10 Å². The van der Waals surface area contributed by atoms with E-state index in [1.54, 1.807) is 33.8 Å². The molecular formula is C19H19FN4O2. The molecule has 1 amide bonds. The van der Waals surface area contributed by atoms with Crippen LogP contribution in [0.3, 0.4) is 0 Å². The first-order valence-corrected chi connectivity index (χ1v) is 8.69. The van der Waals surface area contributed by atoms with E-state index in [-0.39, 0.29) is 17.8 Å². The third kappa shape index (κ3) is 3.06. The van der Waals surface area contributed by atoms with E-state index in [2.05, 4.69) is 10.1 Å². The summed E-state index contributed by atoms with van der Waals surface area (Å²) in [6.07, 6.45) is 4.88. The molecule has 3 heterocycles. The number of fused-ring (bicyclic) bond motifs is 1. The maximum absolute atomic E-state index is 13.2. The number of rotatable bonds is 2. The lowest BCUT2D eigenvalue weighted by atomic mass is 10.1. The number of carbonyl (C=O) groups is 1. The number of halogens is 1. The molecule has 1 aliphatic rings. The van der Waals surface area contributed by atoms with E-state index in [0.717, 1.165) is 17.7 Å². The summed E-state index contributed by atoms with van der Waals surface area (Å²) in [6, 6.07) is 7.90. The Morgan fingerprint density at radius 3 is 2.77 bits per heavy atom. The van der Waals surface area contributed by atoms with Crippen LogP contribution in [-0.2, 0) is 0 Å². The van der Waals surface area contributed by atoms with Gasteiger partial charge in [0, 0.05) is 24.8 Å². The third-order valence-corrected chi connectivity index (χ3v) is 4.76. The molecule has 3 aromatic rings. The fraction of sp³-hybridized carbons (Fsp3) is 0.316. The smallest absolute Gasteiger partial charge is 0.259 e. The molecule has 1 aromatic carbocycles. The Balaban J connectivity index is 1.70. The Kier molecular flexibility index (Phi) is 4.38. The highest BCUT2D eigenvalue weighted by Gasteiger charge is 2.24. The van der Waals surface area contributed by atoms with E-state index in [1.807, 2.05) is 0 Å². The van der Waals surface area contributed by atoms with Crippen molar-refractivity contribution < 1.29 is 14.3 Å². The van der Waals surface area contributed by atoms with Gasteiger partial charge in [-0.25, -0.2) is 13.9 Å². The second-order valence-electron chi connectivity index (χ2n) is 6.51. The fourth-order valence-corrected chi connectivity index (χ4v) is 3.33. The zero-order valence-electron chi connectivity index (χ0n) is 14.2. The summed E-state index contributed by atoms with van der Waals surface area (Å²) in [5, 5.41) is 14.1. The molecule has 1 atom stereocenters. The molecule has 26 heavy (non-hydrogen) atoms.